The van der Waals surface area contributed by atoms with Gasteiger partial charge in [0.25, 0.3) is 5.88 Å². The Kier molecular flexibility index (Phi) is 8.19. The van der Waals surface area contributed by atoms with Crippen LogP contribution in [0.25, 0.3) is 16.9 Å². The molecule has 3 aromatic heterocycles. The quantitative estimate of drug-likeness (QED) is 0.470. The summed E-state index contributed by atoms with van der Waals surface area (Å²) in [4.78, 5) is 28.6. The van der Waals surface area contributed by atoms with Gasteiger partial charge in [-0.2, -0.15) is 13.2 Å². The molecule has 0 unspecified atom stereocenters. The molecule has 0 fully saturated rings. The molecule has 200 valence electrons. The summed E-state index contributed by atoms with van der Waals surface area (Å²) in [6.07, 6.45) is 2.61. The number of urea groups is 1. The minimum absolute atomic E-state index is 0.155. The van der Waals surface area contributed by atoms with Crippen molar-refractivity contribution in [3.8, 4) is 17.1 Å². The Morgan fingerprint density at radius 3 is 2.76 bits per heavy atom. The molecule has 4 rings (SSSR count). The Bertz CT molecular complexity index is 1230. The highest BCUT2D eigenvalue weighted by molar-refractivity contribution is 5.75. The fraction of sp³-hybridized carbons (Fsp3) is 0.538. The molecule has 0 aliphatic carbocycles. The van der Waals surface area contributed by atoms with Crippen molar-refractivity contribution in [3.63, 3.8) is 0 Å². The monoisotopic (exact) mass is 518 g/mol. The van der Waals surface area contributed by atoms with Crippen molar-refractivity contribution >= 4 is 11.7 Å². The van der Waals surface area contributed by atoms with Gasteiger partial charge >= 0.3 is 12.2 Å². The van der Waals surface area contributed by atoms with Crippen LogP contribution in [0.5, 0.6) is 5.88 Å². The number of carbonyl (C=O) groups is 1. The molecule has 0 saturated carbocycles. The molecule has 0 saturated heterocycles. The summed E-state index contributed by atoms with van der Waals surface area (Å²) in [7, 11) is 0. The number of ether oxygens (including phenoxy) is 1. The highest BCUT2D eigenvalue weighted by Crippen LogP contribution is 2.29. The van der Waals surface area contributed by atoms with Crippen molar-refractivity contribution in [2.75, 3.05) is 13.2 Å². The standard InChI is InChI=1S/C26H33F3N6O2/c1-4-35-18(3)21-15-19(14-17(2)31-21)22-16-34-12-11-30-23(34)24(33-22)37-13-7-5-6-8-20(32-25(35)36)9-10-26(27,28)29/h11-12,14-16,18,20H,4-10,13H2,1-3H3,(H,32,36)/t18-,20-/m1/s1. The lowest BCUT2D eigenvalue weighted by Gasteiger charge is -2.31. The van der Waals surface area contributed by atoms with E-state index in [0.29, 0.717) is 55.3 Å². The average molecular weight is 519 g/mol. The average Bonchev–Trinajstić information content (AvgIpc) is 3.32. The number of pyridine rings is 1. The van der Waals surface area contributed by atoms with Crippen LogP contribution >= 0.6 is 0 Å². The van der Waals surface area contributed by atoms with Gasteiger partial charge in [-0.25, -0.2) is 14.8 Å². The highest BCUT2D eigenvalue weighted by atomic mass is 19.4. The van der Waals surface area contributed by atoms with Crippen molar-refractivity contribution in [3.05, 3.63) is 42.1 Å². The van der Waals surface area contributed by atoms with Crippen LogP contribution in [0.2, 0.25) is 0 Å². The molecule has 11 heteroatoms. The molecule has 3 aromatic rings. The molecule has 2 atom stereocenters. The smallest absolute Gasteiger partial charge is 0.389 e. The van der Waals surface area contributed by atoms with Gasteiger partial charge in [0.1, 0.15) is 0 Å². The molecule has 4 heterocycles. The lowest BCUT2D eigenvalue weighted by Crippen LogP contribution is -2.46. The van der Waals surface area contributed by atoms with Gasteiger partial charge in [0.15, 0.2) is 0 Å². The van der Waals surface area contributed by atoms with E-state index in [9.17, 15) is 18.0 Å². The minimum atomic E-state index is -4.27. The number of halogens is 3. The van der Waals surface area contributed by atoms with E-state index in [0.717, 1.165) is 17.7 Å². The first-order chi connectivity index (χ1) is 17.6. The molecular formula is C26H33F3N6O2. The number of nitrogens with one attached hydrogen (secondary N) is 1. The van der Waals surface area contributed by atoms with Crippen molar-refractivity contribution in [1.29, 1.82) is 0 Å². The second-order valence-corrected chi connectivity index (χ2v) is 9.47. The van der Waals surface area contributed by atoms with Crippen molar-refractivity contribution in [2.45, 2.75) is 77.6 Å². The van der Waals surface area contributed by atoms with E-state index >= 15 is 0 Å². The number of aryl methyl sites for hydroxylation is 1. The number of fused-ring (bicyclic) bond motifs is 7. The summed E-state index contributed by atoms with van der Waals surface area (Å²) in [6, 6.07) is 2.44. The van der Waals surface area contributed by atoms with Gasteiger partial charge in [-0.05, 0) is 58.6 Å². The molecule has 4 bridgehead atoms. The van der Waals surface area contributed by atoms with E-state index in [2.05, 4.69) is 15.3 Å². The Morgan fingerprint density at radius 2 is 2.00 bits per heavy atom. The number of carbonyl (C=O) groups excluding carboxylic acids is 1. The molecule has 37 heavy (non-hydrogen) atoms. The van der Waals surface area contributed by atoms with Gasteiger partial charge in [0.2, 0.25) is 5.65 Å². The Morgan fingerprint density at radius 1 is 1.19 bits per heavy atom. The lowest BCUT2D eigenvalue weighted by molar-refractivity contribution is -0.136. The van der Waals surface area contributed by atoms with Crippen LogP contribution < -0.4 is 10.1 Å². The van der Waals surface area contributed by atoms with Crippen LogP contribution in [-0.2, 0) is 0 Å². The first kappa shape index (κ1) is 26.7. The zero-order chi connectivity index (χ0) is 26.6. The zero-order valence-corrected chi connectivity index (χ0v) is 21.4. The number of nitrogens with zero attached hydrogens (tertiary/aromatic N) is 5. The number of imidazole rings is 1. The third kappa shape index (κ3) is 6.69. The predicted octanol–water partition coefficient (Wildman–Crippen LogP) is 5.86. The Labute approximate surface area is 214 Å². The van der Waals surface area contributed by atoms with Crippen LogP contribution in [0.3, 0.4) is 0 Å². The number of amides is 2. The summed E-state index contributed by atoms with van der Waals surface area (Å²) in [5, 5.41) is 2.87. The summed E-state index contributed by atoms with van der Waals surface area (Å²) in [6.45, 7) is 6.37. The topological polar surface area (TPSA) is 84.7 Å². The van der Waals surface area contributed by atoms with Crippen LogP contribution in [0.15, 0.2) is 30.7 Å². The van der Waals surface area contributed by atoms with Gasteiger partial charge < -0.3 is 19.4 Å². The SMILES string of the molecule is CCN1C(=O)N[C@@H](CCC(F)(F)F)CCCCCOc2nc(cn3ccnc23)-c2cc(C)nc(c2)[C@H]1C. The van der Waals surface area contributed by atoms with E-state index in [1.54, 1.807) is 11.1 Å². The second-order valence-electron chi connectivity index (χ2n) is 9.47. The van der Waals surface area contributed by atoms with Gasteiger partial charge in [0, 0.05) is 48.9 Å². The zero-order valence-electron chi connectivity index (χ0n) is 21.4. The number of rotatable bonds is 3. The maximum atomic E-state index is 13.2. The molecule has 2 amide bonds. The van der Waals surface area contributed by atoms with Crippen molar-refractivity contribution < 1.29 is 22.7 Å². The predicted molar refractivity (Wildman–Crippen MR) is 133 cm³/mol. The van der Waals surface area contributed by atoms with Gasteiger partial charge in [-0.15, -0.1) is 0 Å². The fourth-order valence-electron chi connectivity index (χ4n) is 4.67. The normalized spacial score (nSPS) is 19.8. The fourth-order valence-corrected chi connectivity index (χ4v) is 4.67. The van der Waals surface area contributed by atoms with E-state index in [1.807, 2.05) is 49.7 Å². The largest absolute Gasteiger partial charge is 0.475 e. The lowest BCUT2D eigenvalue weighted by atomic mass is 10.0. The minimum Gasteiger partial charge on any atom is -0.475 e. The third-order valence-corrected chi connectivity index (χ3v) is 6.65. The molecule has 1 N–H and O–H groups in total. The Hall–Kier alpha value is -3.37. The Balaban J connectivity index is 1.70. The molecule has 0 radical (unpaired) electrons. The van der Waals surface area contributed by atoms with Gasteiger partial charge in [-0.3, -0.25) is 4.98 Å². The number of alkyl halides is 3. The maximum absolute atomic E-state index is 13.2. The van der Waals surface area contributed by atoms with Crippen LogP contribution in [0, 0.1) is 6.92 Å². The van der Waals surface area contributed by atoms with E-state index in [-0.39, 0.29) is 12.5 Å². The molecule has 0 spiro atoms. The van der Waals surface area contributed by atoms with Crippen molar-refractivity contribution in [2.24, 2.45) is 0 Å². The summed E-state index contributed by atoms with van der Waals surface area (Å²) < 4.78 is 46.7. The molecule has 1 aliphatic heterocycles. The number of hydrogen-bond acceptors (Lipinski definition) is 5. The van der Waals surface area contributed by atoms with Gasteiger partial charge in [0.05, 0.1) is 24.0 Å². The maximum Gasteiger partial charge on any atom is 0.389 e. The third-order valence-electron chi connectivity index (χ3n) is 6.65. The van der Waals surface area contributed by atoms with E-state index < -0.39 is 24.7 Å². The van der Waals surface area contributed by atoms with Gasteiger partial charge in [-0.1, -0.05) is 6.42 Å². The first-order valence-electron chi connectivity index (χ1n) is 12.7. The number of aromatic nitrogens is 4. The summed E-state index contributed by atoms with van der Waals surface area (Å²) in [5.41, 5.74) is 3.53. The molecular weight excluding hydrogens is 485 g/mol. The first-order valence-corrected chi connectivity index (χ1v) is 12.7. The molecule has 8 nitrogen and oxygen atoms in total. The summed E-state index contributed by atoms with van der Waals surface area (Å²) >= 11 is 0. The van der Waals surface area contributed by atoms with Crippen LogP contribution in [0.4, 0.5) is 18.0 Å². The second kappa shape index (κ2) is 11.4. The van der Waals surface area contributed by atoms with Crippen LogP contribution in [-0.4, -0.2) is 55.7 Å². The summed E-state index contributed by atoms with van der Waals surface area (Å²) in [5.74, 6) is 0.422. The molecule has 1 aliphatic rings. The van der Waals surface area contributed by atoms with Crippen molar-refractivity contribution in [1.82, 2.24) is 29.6 Å². The van der Waals surface area contributed by atoms with Crippen LogP contribution in [0.1, 0.15) is 69.8 Å². The number of hydrogen-bond donors (Lipinski definition) is 1. The van der Waals surface area contributed by atoms with E-state index in [4.69, 9.17) is 9.72 Å². The highest BCUT2D eigenvalue weighted by Gasteiger charge is 2.30. The molecule has 0 aromatic carbocycles. The van der Waals surface area contributed by atoms with E-state index in [1.165, 1.54) is 0 Å².